The Labute approximate surface area is 92.1 Å². The van der Waals surface area contributed by atoms with Gasteiger partial charge in [0.05, 0.1) is 11.5 Å². The second-order valence-electron chi connectivity index (χ2n) is 4.76. The Balaban J connectivity index is 1.93. The molecule has 1 spiro atoms. The van der Waals surface area contributed by atoms with Gasteiger partial charge in [0.1, 0.15) is 12.4 Å². The fraction of sp³-hybridized carbons (Fsp3) is 0.909. The Morgan fingerprint density at radius 1 is 1.25 bits per heavy atom. The first-order valence-electron chi connectivity index (χ1n) is 5.66. The number of hydrogen-bond acceptors (Lipinski definition) is 2. The van der Waals surface area contributed by atoms with Crippen LogP contribution in [0.5, 0.6) is 0 Å². The number of carbonyl (C=O) groups excluding carboxylic acids is 1. The van der Waals surface area contributed by atoms with Gasteiger partial charge in [-0.05, 0) is 12.8 Å². The third-order valence-corrected chi connectivity index (χ3v) is 3.74. The first kappa shape index (κ1) is 11.9. The topological polar surface area (TPSA) is 26.3 Å². The van der Waals surface area contributed by atoms with E-state index in [0.29, 0.717) is 12.8 Å². The van der Waals surface area contributed by atoms with Gasteiger partial charge in [-0.15, -0.1) is 0 Å². The van der Waals surface area contributed by atoms with Crippen LogP contribution in [0.25, 0.3) is 0 Å². The Bertz CT molecular complexity index is 279. The number of rotatable bonds is 2. The van der Waals surface area contributed by atoms with Crippen LogP contribution in [-0.2, 0) is 9.53 Å². The van der Waals surface area contributed by atoms with Gasteiger partial charge in [0, 0.05) is 6.42 Å². The maximum atomic E-state index is 12.0. The highest BCUT2D eigenvalue weighted by Crippen LogP contribution is 2.50. The van der Waals surface area contributed by atoms with Crippen molar-refractivity contribution in [3.05, 3.63) is 0 Å². The van der Waals surface area contributed by atoms with Gasteiger partial charge in [0.15, 0.2) is 0 Å². The molecule has 16 heavy (non-hydrogen) atoms. The van der Waals surface area contributed by atoms with Crippen LogP contribution in [0.4, 0.5) is 13.2 Å². The highest BCUT2D eigenvalue weighted by molar-refractivity contribution is 5.92. The zero-order chi connectivity index (χ0) is 11.8. The molecule has 1 atom stereocenters. The van der Waals surface area contributed by atoms with Crippen molar-refractivity contribution in [1.82, 2.24) is 0 Å². The molecule has 2 rings (SSSR count). The van der Waals surface area contributed by atoms with Crippen LogP contribution in [0.3, 0.4) is 0 Å². The van der Waals surface area contributed by atoms with Crippen molar-refractivity contribution in [2.75, 3.05) is 6.61 Å². The Kier molecular flexibility index (Phi) is 2.99. The molecule has 0 aliphatic heterocycles. The standard InChI is InChI=1S/C11H15F3O2/c12-11(13,14)7-16-9-6-8(15)10(9)4-2-1-3-5-10/h9H,1-7H2. The lowest BCUT2D eigenvalue weighted by atomic mass is 9.57. The van der Waals surface area contributed by atoms with Crippen molar-refractivity contribution in [2.45, 2.75) is 50.8 Å². The molecule has 2 saturated carbocycles. The summed E-state index contributed by atoms with van der Waals surface area (Å²) < 4.78 is 40.9. The number of ether oxygens (including phenoxy) is 1. The quantitative estimate of drug-likeness (QED) is 0.737. The Hall–Kier alpha value is -0.580. The van der Waals surface area contributed by atoms with Crippen molar-refractivity contribution in [3.8, 4) is 0 Å². The normalized spacial score (nSPS) is 29.2. The lowest BCUT2D eigenvalue weighted by Gasteiger charge is -2.49. The Morgan fingerprint density at radius 3 is 2.38 bits per heavy atom. The van der Waals surface area contributed by atoms with E-state index in [-0.39, 0.29) is 12.2 Å². The molecule has 2 aliphatic carbocycles. The van der Waals surface area contributed by atoms with Crippen LogP contribution < -0.4 is 0 Å². The summed E-state index contributed by atoms with van der Waals surface area (Å²) in [6, 6.07) is 0. The molecule has 0 bridgehead atoms. The average molecular weight is 236 g/mol. The molecule has 5 heteroatoms. The van der Waals surface area contributed by atoms with E-state index in [4.69, 9.17) is 4.74 Å². The average Bonchev–Trinajstić information content (AvgIpc) is 2.24. The van der Waals surface area contributed by atoms with Crippen LogP contribution in [-0.4, -0.2) is 24.7 Å². The van der Waals surface area contributed by atoms with Crippen molar-refractivity contribution in [3.63, 3.8) is 0 Å². The molecule has 1 unspecified atom stereocenters. The SMILES string of the molecule is O=C1CC(OCC(F)(F)F)C12CCCCC2. The summed E-state index contributed by atoms with van der Waals surface area (Å²) in [4.78, 5) is 11.6. The molecule has 0 aromatic rings. The Morgan fingerprint density at radius 2 is 1.88 bits per heavy atom. The van der Waals surface area contributed by atoms with E-state index in [0.717, 1.165) is 19.3 Å². The minimum atomic E-state index is -4.30. The van der Waals surface area contributed by atoms with Gasteiger partial charge in [-0.2, -0.15) is 13.2 Å². The molecular weight excluding hydrogens is 221 g/mol. The first-order chi connectivity index (χ1) is 7.44. The second kappa shape index (κ2) is 4.02. The molecule has 0 N–H and O–H groups in total. The predicted octanol–water partition coefficient (Wildman–Crippen LogP) is 2.86. The summed E-state index contributed by atoms with van der Waals surface area (Å²) in [5.41, 5.74) is -0.566. The summed E-state index contributed by atoms with van der Waals surface area (Å²) in [6.45, 7) is -1.23. The van der Waals surface area contributed by atoms with Crippen molar-refractivity contribution in [2.24, 2.45) is 5.41 Å². The monoisotopic (exact) mass is 236 g/mol. The highest BCUT2D eigenvalue weighted by Gasteiger charge is 2.56. The van der Waals surface area contributed by atoms with Gasteiger partial charge >= 0.3 is 6.18 Å². The molecule has 0 aromatic heterocycles. The molecule has 92 valence electrons. The van der Waals surface area contributed by atoms with Gasteiger partial charge < -0.3 is 4.74 Å². The van der Waals surface area contributed by atoms with E-state index in [2.05, 4.69) is 0 Å². The smallest absolute Gasteiger partial charge is 0.367 e. The number of alkyl halides is 3. The molecule has 2 fully saturated rings. The van der Waals surface area contributed by atoms with Crippen LogP contribution in [0.15, 0.2) is 0 Å². The lowest BCUT2D eigenvalue weighted by Crippen LogP contribution is -2.56. The molecule has 0 heterocycles. The zero-order valence-electron chi connectivity index (χ0n) is 8.98. The van der Waals surface area contributed by atoms with E-state index in [1.54, 1.807) is 0 Å². The molecule has 2 nitrogen and oxygen atoms in total. The van der Waals surface area contributed by atoms with E-state index < -0.39 is 24.3 Å². The molecular formula is C11H15F3O2. The minimum absolute atomic E-state index is 0.0966. The van der Waals surface area contributed by atoms with Crippen LogP contribution >= 0.6 is 0 Å². The summed E-state index contributed by atoms with van der Waals surface area (Å²) in [5.74, 6) is 0.0966. The van der Waals surface area contributed by atoms with Gasteiger partial charge in [-0.25, -0.2) is 0 Å². The van der Waals surface area contributed by atoms with Gasteiger partial charge in [0.25, 0.3) is 0 Å². The number of Topliss-reactive ketones (excluding diaryl/α,β-unsaturated/α-hetero) is 1. The zero-order valence-corrected chi connectivity index (χ0v) is 8.98. The van der Waals surface area contributed by atoms with Crippen molar-refractivity contribution in [1.29, 1.82) is 0 Å². The second-order valence-corrected chi connectivity index (χ2v) is 4.76. The maximum absolute atomic E-state index is 12.0. The van der Waals surface area contributed by atoms with Crippen LogP contribution in [0.1, 0.15) is 38.5 Å². The maximum Gasteiger partial charge on any atom is 0.411 e. The van der Waals surface area contributed by atoms with E-state index >= 15 is 0 Å². The van der Waals surface area contributed by atoms with Crippen LogP contribution in [0, 0.1) is 5.41 Å². The lowest BCUT2D eigenvalue weighted by molar-refractivity contribution is -0.216. The van der Waals surface area contributed by atoms with E-state index in [9.17, 15) is 18.0 Å². The van der Waals surface area contributed by atoms with Crippen LogP contribution in [0.2, 0.25) is 0 Å². The summed E-state index contributed by atoms with van der Waals surface area (Å²) in [6.07, 6.45) is -0.300. The summed E-state index contributed by atoms with van der Waals surface area (Å²) >= 11 is 0. The molecule has 0 aromatic carbocycles. The van der Waals surface area contributed by atoms with Gasteiger partial charge in [-0.3, -0.25) is 4.79 Å². The molecule has 0 saturated heterocycles. The predicted molar refractivity (Wildman–Crippen MR) is 50.9 cm³/mol. The largest absolute Gasteiger partial charge is 0.411 e. The van der Waals surface area contributed by atoms with Crippen molar-refractivity contribution >= 4 is 5.78 Å². The molecule has 0 amide bonds. The summed E-state index contributed by atoms with van der Waals surface area (Å²) in [7, 11) is 0. The van der Waals surface area contributed by atoms with E-state index in [1.807, 2.05) is 0 Å². The van der Waals surface area contributed by atoms with Gasteiger partial charge in [0.2, 0.25) is 0 Å². The number of ketones is 1. The third kappa shape index (κ3) is 2.10. The first-order valence-corrected chi connectivity index (χ1v) is 5.66. The molecule has 2 aliphatic rings. The fourth-order valence-corrected chi connectivity index (χ4v) is 2.81. The number of carbonyl (C=O) groups is 1. The number of halogens is 3. The minimum Gasteiger partial charge on any atom is -0.367 e. The molecule has 0 radical (unpaired) electrons. The third-order valence-electron chi connectivity index (χ3n) is 3.74. The number of hydrogen-bond donors (Lipinski definition) is 0. The van der Waals surface area contributed by atoms with Gasteiger partial charge in [-0.1, -0.05) is 19.3 Å². The fourth-order valence-electron chi connectivity index (χ4n) is 2.81. The van der Waals surface area contributed by atoms with E-state index in [1.165, 1.54) is 0 Å². The van der Waals surface area contributed by atoms with Crippen molar-refractivity contribution < 1.29 is 22.7 Å². The summed E-state index contributed by atoms with van der Waals surface area (Å²) in [5, 5.41) is 0. The highest BCUT2D eigenvalue weighted by atomic mass is 19.4.